The van der Waals surface area contributed by atoms with E-state index < -0.39 is 0 Å². The highest BCUT2D eigenvalue weighted by Gasteiger charge is 2.72. The fourth-order valence-corrected chi connectivity index (χ4v) is 4.38. The van der Waals surface area contributed by atoms with Crippen LogP contribution in [0.4, 0.5) is 0 Å². The van der Waals surface area contributed by atoms with Crippen LogP contribution in [-0.2, 0) is 4.74 Å². The Morgan fingerprint density at radius 1 is 1.39 bits per heavy atom. The Morgan fingerprint density at radius 3 is 2.78 bits per heavy atom. The van der Waals surface area contributed by atoms with Crippen LogP contribution in [0.25, 0.3) is 0 Å². The molecule has 0 aliphatic heterocycles. The van der Waals surface area contributed by atoms with Crippen molar-refractivity contribution in [2.45, 2.75) is 64.8 Å². The number of hydrogen-bond donors (Lipinski definition) is 1. The van der Waals surface area contributed by atoms with Crippen LogP contribution in [0.2, 0.25) is 0 Å². The second kappa shape index (κ2) is 3.83. The van der Waals surface area contributed by atoms with E-state index in [-0.39, 0.29) is 17.8 Å². The van der Waals surface area contributed by atoms with Gasteiger partial charge in [-0.25, -0.2) is 0 Å². The van der Waals surface area contributed by atoms with Crippen molar-refractivity contribution in [1.29, 1.82) is 0 Å². The summed E-state index contributed by atoms with van der Waals surface area (Å²) in [6.07, 6.45) is 7.71. The van der Waals surface area contributed by atoms with Gasteiger partial charge in [-0.2, -0.15) is 0 Å². The second-order valence-electron chi connectivity index (χ2n) is 7.39. The minimum atomic E-state index is -0.264. The first-order valence-electron chi connectivity index (χ1n) is 7.39. The Kier molecular flexibility index (Phi) is 2.70. The summed E-state index contributed by atoms with van der Waals surface area (Å²) < 4.78 is 6.32. The Hall–Kier alpha value is -0.340. The van der Waals surface area contributed by atoms with E-state index in [1.54, 1.807) is 0 Å². The van der Waals surface area contributed by atoms with Gasteiger partial charge in [-0.1, -0.05) is 26.0 Å². The molecule has 1 N–H and O–H groups in total. The van der Waals surface area contributed by atoms with Crippen molar-refractivity contribution in [3.63, 3.8) is 0 Å². The van der Waals surface area contributed by atoms with Crippen LogP contribution in [-0.4, -0.2) is 22.9 Å². The van der Waals surface area contributed by atoms with E-state index in [0.29, 0.717) is 5.41 Å². The van der Waals surface area contributed by atoms with Crippen molar-refractivity contribution < 1.29 is 9.84 Å². The fourth-order valence-electron chi connectivity index (χ4n) is 4.38. The molecule has 0 aromatic heterocycles. The summed E-state index contributed by atoms with van der Waals surface area (Å²) >= 11 is 0. The van der Waals surface area contributed by atoms with E-state index in [1.165, 1.54) is 6.42 Å². The van der Waals surface area contributed by atoms with Gasteiger partial charge >= 0.3 is 0 Å². The molecule has 0 aromatic carbocycles. The highest BCUT2D eigenvalue weighted by Crippen LogP contribution is 2.73. The lowest BCUT2D eigenvalue weighted by molar-refractivity contribution is -0.0489. The van der Waals surface area contributed by atoms with Crippen LogP contribution < -0.4 is 0 Å². The van der Waals surface area contributed by atoms with Gasteiger partial charge in [-0.3, -0.25) is 0 Å². The average Bonchev–Trinajstić information content (AvgIpc) is 3.00. The summed E-state index contributed by atoms with van der Waals surface area (Å²) in [5.41, 5.74) is 0.595. The average molecular weight is 250 g/mol. The molecule has 6 atom stereocenters. The topological polar surface area (TPSA) is 29.5 Å². The van der Waals surface area contributed by atoms with Crippen LogP contribution in [0, 0.1) is 23.2 Å². The van der Waals surface area contributed by atoms with Gasteiger partial charge in [0.1, 0.15) is 0 Å². The molecule has 0 radical (unpaired) electrons. The van der Waals surface area contributed by atoms with Gasteiger partial charge in [-0.05, 0) is 56.3 Å². The molecular formula is C16H26O2. The Morgan fingerprint density at radius 2 is 2.11 bits per heavy atom. The molecule has 0 saturated heterocycles. The van der Waals surface area contributed by atoms with Crippen molar-refractivity contribution in [3.05, 3.63) is 12.2 Å². The molecule has 0 bridgehead atoms. The molecule has 2 saturated carbocycles. The molecule has 2 nitrogen and oxygen atoms in total. The van der Waals surface area contributed by atoms with E-state index in [2.05, 4.69) is 32.9 Å². The molecule has 3 aliphatic carbocycles. The molecule has 0 unspecified atom stereocenters. The van der Waals surface area contributed by atoms with E-state index in [4.69, 9.17) is 4.74 Å². The lowest BCUT2D eigenvalue weighted by Gasteiger charge is -2.24. The van der Waals surface area contributed by atoms with E-state index >= 15 is 0 Å². The molecule has 102 valence electrons. The zero-order valence-corrected chi connectivity index (χ0v) is 12.0. The molecule has 0 amide bonds. The highest BCUT2D eigenvalue weighted by molar-refractivity contribution is 5.28. The minimum Gasteiger partial charge on any atom is -0.393 e. The van der Waals surface area contributed by atoms with Crippen molar-refractivity contribution in [1.82, 2.24) is 0 Å². The fraction of sp³-hybridized carbons (Fsp3) is 0.875. The number of hydrogen-bond acceptors (Lipinski definition) is 2. The zero-order valence-electron chi connectivity index (χ0n) is 12.0. The number of aliphatic hydroxyl groups excluding tert-OH is 1. The number of rotatable bonds is 4. The zero-order chi connectivity index (χ0) is 13.1. The van der Waals surface area contributed by atoms with Gasteiger partial charge in [0.25, 0.3) is 0 Å². The third-order valence-corrected chi connectivity index (χ3v) is 5.43. The summed E-state index contributed by atoms with van der Waals surface area (Å²) in [6, 6.07) is 0. The predicted octanol–water partition coefficient (Wildman–Crippen LogP) is 3.15. The lowest BCUT2D eigenvalue weighted by Crippen LogP contribution is -2.26. The first kappa shape index (κ1) is 12.7. The van der Waals surface area contributed by atoms with Crippen molar-refractivity contribution in [3.8, 4) is 0 Å². The smallest absolute Gasteiger partial charge is 0.0756 e. The Bertz CT molecular complexity index is 371. The van der Waals surface area contributed by atoms with Gasteiger partial charge in [0, 0.05) is 0 Å². The summed E-state index contributed by atoms with van der Waals surface area (Å²) in [7, 11) is 0. The normalized spacial score (nSPS) is 46.6. The van der Waals surface area contributed by atoms with Crippen LogP contribution in [0.5, 0.6) is 0 Å². The third kappa shape index (κ3) is 1.85. The second-order valence-corrected chi connectivity index (χ2v) is 7.39. The monoisotopic (exact) mass is 250 g/mol. The maximum atomic E-state index is 9.45. The first-order valence-corrected chi connectivity index (χ1v) is 7.39. The van der Waals surface area contributed by atoms with Gasteiger partial charge < -0.3 is 9.84 Å². The largest absolute Gasteiger partial charge is 0.393 e. The molecule has 2 heteroatoms. The van der Waals surface area contributed by atoms with Gasteiger partial charge in [0.15, 0.2) is 0 Å². The summed E-state index contributed by atoms with van der Waals surface area (Å²) in [4.78, 5) is 0. The SMILES string of the molecule is C[C@H](C[C@@H](C)O)O[C@]12CC=C[C@H]3[C@@H]([C@H]1C2)C3(C)C. The summed E-state index contributed by atoms with van der Waals surface area (Å²) in [5.74, 6) is 2.36. The molecule has 0 heterocycles. The standard InChI is InChI=1S/C16H26O2/c1-10(17)8-11(2)18-16-7-5-6-12-14(13(16)9-16)15(12,3)4/h5-6,10-14,17H,7-9H2,1-4H3/t10-,11-,12+,13-,14+,16+/m1/s1. The van der Waals surface area contributed by atoms with Crippen LogP contribution in [0.3, 0.4) is 0 Å². The Labute approximate surface area is 110 Å². The first-order chi connectivity index (χ1) is 8.37. The number of allylic oxidation sites excluding steroid dienone is 1. The molecule has 0 spiro atoms. The highest BCUT2D eigenvalue weighted by atomic mass is 16.5. The maximum Gasteiger partial charge on any atom is 0.0756 e. The molecular weight excluding hydrogens is 224 g/mol. The molecule has 18 heavy (non-hydrogen) atoms. The molecule has 2 fully saturated rings. The van der Waals surface area contributed by atoms with Crippen LogP contribution in [0.1, 0.15) is 47.0 Å². The number of ether oxygens (including phenoxy) is 1. The van der Waals surface area contributed by atoms with Crippen molar-refractivity contribution in [2.75, 3.05) is 0 Å². The van der Waals surface area contributed by atoms with E-state index in [9.17, 15) is 5.11 Å². The van der Waals surface area contributed by atoms with Gasteiger partial charge in [0.05, 0.1) is 17.8 Å². The maximum absolute atomic E-state index is 9.45. The summed E-state index contributed by atoms with van der Waals surface area (Å²) in [5, 5.41) is 9.45. The number of aliphatic hydroxyl groups is 1. The van der Waals surface area contributed by atoms with Crippen molar-refractivity contribution >= 4 is 0 Å². The van der Waals surface area contributed by atoms with Crippen LogP contribution >= 0.6 is 0 Å². The predicted molar refractivity (Wildman–Crippen MR) is 72.2 cm³/mol. The third-order valence-electron chi connectivity index (χ3n) is 5.43. The number of fused-ring (bicyclic) bond motifs is 3. The van der Waals surface area contributed by atoms with Gasteiger partial charge in [-0.15, -0.1) is 0 Å². The molecule has 3 aliphatic rings. The quantitative estimate of drug-likeness (QED) is 0.777. The lowest BCUT2D eigenvalue weighted by atomic mass is 10.0. The van der Waals surface area contributed by atoms with Crippen molar-refractivity contribution in [2.24, 2.45) is 23.2 Å². The minimum absolute atomic E-state index is 0.109. The van der Waals surface area contributed by atoms with Crippen LogP contribution in [0.15, 0.2) is 12.2 Å². The van der Waals surface area contributed by atoms with E-state index in [0.717, 1.165) is 30.6 Å². The van der Waals surface area contributed by atoms with E-state index in [1.807, 2.05) is 6.92 Å². The summed E-state index contributed by atoms with van der Waals surface area (Å²) in [6.45, 7) is 8.72. The van der Waals surface area contributed by atoms with Gasteiger partial charge in [0.2, 0.25) is 0 Å². The Balaban J connectivity index is 1.66. The molecule has 3 rings (SSSR count). The molecule has 0 aromatic rings.